The number of amides is 3. The number of aliphatic hydroxyl groups excluding tert-OH is 1. The van der Waals surface area contributed by atoms with Gasteiger partial charge >= 0.3 is 12.2 Å². The van der Waals surface area contributed by atoms with Gasteiger partial charge in [-0.25, -0.2) is 14.6 Å². The average Bonchev–Trinajstić information content (AvgIpc) is 2.99. The smallest absolute Gasteiger partial charge is 0.422 e. The molecule has 2 aromatic rings. The highest BCUT2D eigenvalue weighted by Gasteiger charge is 2.31. The van der Waals surface area contributed by atoms with Crippen LogP contribution in [0.1, 0.15) is 66.0 Å². The summed E-state index contributed by atoms with van der Waals surface area (Å²) in [6.45, 7) is 15.4. The van der Waals surface area contributed by atoms with Gasteiger partial charge in [-0.05, 0) is 70.2 Å². The van der Waals surface area contributed by atoms with Gasteiger partial charge in [0.05, 0.1) is 19.3 Å². The summed E-state index contributed by atoms with van der Waals surface area (Å²) < 4.78 is 10.3. The highest BCUT2D eigenvalue weighted by atomic mass is 16.6. The zero-order valence-electron chi connectivity index (χ0n) is 28.1. The van der Waals surface area contributed by atoms with Gasteiger partial charge in [0.25, 0.3) is 0 Å². The zero-order chi connectivity index (χ0) is 33.6. The molecular formula is C34H53N5O6. The number of carbonyl (C=O) groups is 3. The second-order valence-electron chi connectivity index (χ2n) is 12.2. The van der Waals surface area contributed by atoms with E-state index in [1.807, 2.05) is 68.4 Å². The normalized spacial score (nSPS) is 14.1. The molecule has 0 aliphatic carbocycles. The first kappa shape index (κ1) is 37.4. The quantitative estimate of drug-likeness (QED) is 0.198. The van der Waals surface area contributed by atoms with Gasteiger partial charge in [-0.1, -0.05) is 62.7 Å². The predicted octanol–water partition coefficient (Wildman–Crippen LogP) is 4.63. The summed E-state index contributed by atoms with van der Waals surface area (Å²) in [5.41, 5.74) is 4.98. The van der Waals surface area contributed by atoms with Crippen LogP contribution in [0.15, 0.2) is 54.6 Å². The Labute approximate surface area is 268 Å². The first-order chi connectivity index (χ1) is 21.3. The van der Waals surface area contributed by atoms with Crippen LogP contribution in [0.3, 0.4) is 0 Å². The molecule has 2 rings (SSSR count). The molecule has 0 unspecified atom stereocenters. The Kier molecular flexibility index (Phi) is 15.1. The SMILES string of the molecule is CC[C@H](C)[C@H](NC(=O)OC)C(=O)N[C@@H](Cc1ccccc1)[C@@H](O)CN(Cc1ccc(N(CC)CC)cc1)NC(=O)OC(C)(C)C. The van der Waals surface area contributed by atoms with E-state index in [0.29, 0.717) is 12.8 Å². The molecule has 250 valence electrons. The molecule has 0 saturated carbocycles. The molecule has 0 spiro atoms. The van der Waals surface area contributed by atoms with Gasteiger partial charge in [0.1, 0.15) is 11.6 Å². The maximum absolute atomic E-state index is 13.5. The molecule has 0 aliphatic rings. The number of nitrogens with one attached hydrogen (secondary N) is 3. The molecule has 0 bridgehead atoms. The van der Waals surface area contributed by atoms with E-state index >= 15 is 0 Å². The lowest BCUT2D eigenvalue weighted by Crippen LogP contribution is -2.57. The number of aliphatic hydroxyl groups is 1. The Morgan fingerprint density at radius 2 is 1.51 bits per heavy atom. The largest absolute Gasteiger partial charge is 0.453 e. The average molecular weight is 628 g/mol. The third-order valence-electron chi connectivity index (χ3n) is 7.54. The minimum Gasteiger partial charge on any atom is -0.453 e. The van der Waals surface area contributed by atoms with E-state index in [9.17, 15) is 19.5 Å². The molecule has 0 aliphatic heterocycles. The van der Waals surface area contributed by atoms with E-state index in [1.165, 1.54) is 7.11 Å². The van der Waals surface area contributed by atoms with E-state index < -0.39 is 41.9 Å². The van der Waals surface area contributed by atoms with Crippen molar-refractivity contribution in [2.24, 2.45) is 5.92 Å². The maximum atomic E-state index is 13.5. The summed E-state index contributed by atoms with van der Waals surface area (Å²) >= 11 is 0. The second kappa shape index (κ2) is 18.2. The number of carbonyl (C=O) groups excluding carboxylic acids is 3. The molecule has 3 amide bonds. The van der Waals surface area contributed by atoms with Crippen molar-refractivity contribution in [2.45, 2.75) is 91.6 Å². The number of ether oxygens (including phenoxy) is 2. The number of alkyl carbamates (subject to hydrolysis) is 1. The van der Waals surface area contributed by atoms with Crippen LogP contribution in [0.2, 0.25) is 0 Å². The fourth-order valence-electron chi connectivity index (χ4n) is 4.87. The summed E-state index contributed by atoms with van der Waals surface area (Å²) in [5.74, 6) is -0.628. The number of nitrogens with zero attached hydrogens (tertiary/aromatic N) is 2. The van der Waals surface area contributed by atoms with Gasteiger partial charge in [-0.15, -0.1) is 0 Å². The Morgan fingerprint density at radius 1 is 0.889 bits per heavy atom. The Morgan fingerprint density at radius 3 is 2.04 bits per heavy atom. The van der Waals surface area contributed by atoms with Crippen LogP contribution in [0.5, 0.6) is 0 Å². The monoisotopic (exact) mass is 627 g/mol. The molecule has 0 aromatic heterocycles. The molecule has 11 heteroatoms. The van der Waals surface area contributed by atoms with Gasteiger partial charge < -0.3 is 30.1 Å². The number of benzene rings is 2. The molecule has 0 heterocycles. The van der Waals surface area contributed by atoms with E-state index in [0.717, 1.165) is 29.9 Å². The lowest BCUT2D eigenvalue weighted by atomic mass is 9.96. The topological polar surface area (TPSA) is 132 Å². The summed E-state index contributed by atoms with van der Waals surface area (Å²) in [5, 5.41) is 18.8. The number of hydrogen-bond acceptors (Lipinski definition) is 8. The van der Waals surface area contributed by atoms with Gasteiger partial charge in [-0.2, -0.15) is 0 Å². The first-order valence-corrected chi connectivity index (χ1v) is 15.7. The first-order valence-electron chi connectivity index (χ1n) is 15.7. The van der Waals surface area contributed by atoms with Crippen molar-refractivity contribution in [2.75, 3.05) is 31.6 Å². The molecule has 4 atom stereocenters. The molecule has 0 radical (unpaired) electrons. The molecule has 4 N–H and O–H groups in total. The molecule has 11 nitrogen and oxygen atoms in total. The van der Waals surface area contributed by atoms with E-state index in [-0.39, 0.29) is 19.0 Å². The number of hydrazine groups is 1. The van der Waals surface area contributed by atoms with Crippen LogP contribution >= 0.6 is 0 Å². The molecule has 45 heavy (non-hydrogen) atoms. The van der Waals surface area contributed by atoms with Crippen LogP contribution in [0.4, 0.5) is 15.3 Å². The fraction of sp³-hybridized carbons (Fsp3) is 0.559. The molecule has 0 fully saturated rings. The Hall–Kier alpha value is -3.83. The van der Waals surface area contributed by atoms with Gasteiger partial charge in [0.15, 0.2) is 0 Å². The van der Waals surface area contributed by atoms with Gasteiger partial charge in [0, 0.05) is 31.9 Å². The lowest BCUT2D eigenvalue weighted by Gasteiger charge is -2.32. The summed E-state index contributed by atoms with van der Waals surface area (Å²) in [7, 11) is 1.24. The van der Waals surface area contributed by atoms with Crippen LogP contribution in [0, 0.1) is 5.92 Å². The summed E-state index contributed by atoms with van der Waals surface area (Å²) in [6, 6.07) is 15.9. The standard InChI is InChI=1S/C34H53N5O6/c1-9-24(4)30(36-32(42)44-8)31(41)35-28(21-25-15-13-12-14-16-25)29(40)23-39(37-33(43)45-34(5,6)7)22-26-17-19-27(20-18-26)38(10-2)11-3/h12-20,24,28-30,40H,9-11,21-23H2,1-8H3,(H,35,41)(H,36,42)(H,37,43)/t24-,28-,29-,30-/m0/s1. The van der Waals surface area contributed by atoms with Crippen molar-refractivity contribution < 1.29 is 29.0 Å². The Balaban J connectivity index is 2.35. The van der Waals surface area contributed by atoms with E-state index in [2.05, 4.69) is 34.8 Å². The fourth-order valence-corrected chi connectivity index (χ4v) is 4.87. The van der Waals surface area contributed by atoms with Crippen LogP contribution < -0.4 is 21.0 Å². The maximum Gasteiger partial charge on any atom is 0.422 e. The van der Waals surface area contributed by atoms with Crippen molar-refractivity contribution in [3.63, 3.8) is 0 Å². The highest BCUT2D eigenvalue weighted by Crippen LogP contribution is 2.17. The third-order valence-corrected chi connectivity index (χ3v) is 7.54. The zero-order valence-corrected chi connectivity index (χ0v) is 28.1. The third kappa shape index (κ3) is 13.0. The van der Waals surface area contributed by atoms with Crippen molar-refractivity contribution in [3.05, 3.63) is 65.7 Å². The minimum absolute atomic E-state index is 0.0206. The molecular weight excluding hydrogens is 574 g/mol. The highest BCUT2D eigenvalue weighted by molar-refractivity contribution is 5.86. The van der Waals surface area contributed by atoms with Crippen LogP contribution in [-0.2, 0) is 27.2 Å². The second-order valence-corrected chi connectivity index (χ2v) is 12.2. The van der Waals surface area contributed by atoms with E-state index in [1.54, 1.807) is 25.8 Å². The van der Waals surface area contributed by atoms with Crippen LogP contribution in [0.25, 0.3) is 0 Å². The number of rotatable bonds is 16. The number of anilines is 1. The van der Waals surface area contributed by atoms with Crippen molar-refractivity contribution >= 4 is 23.8 Å². The van der Waals surface area contributed by atoms with Gasteiger partial charge in [-0.3, -0.25) is 10.2 Å². The molecule has 0 saturated heterocycles. The van der Waals surface area contributed by atoms with Crippen molar-refractivity contribution in [3.8, 4) is 0 Å². The van der Waals surface area contributed by atoms with Crippen molar-refractivity contribution in [1.82, 2.24) is 21.1 Å². The van der Waals surface area contributed by atoms with Crippen molar-refractivity contribution in [1.29, 1.82) is 0 Å². The lowest BCUT2D eigenvalue weighted by molar-refractivity contribution is -0.126. The minimum atomic E-state index is -1.12. The molecule has 2 aromatic carbocycles. The summed E-state index contributed by atoms with van der Waals surface area (Å²) in [4.78, 5) is 40.7. The number of hydrogen-bond donors (Lipinski definition) is 4. The van der Waals surface area contributed by atoms with Gasteiger partial charge in [0.2, 0.25) is 5.91 Å². The number of methoxy groups -OCH3 is 1. The van der Waals surface area contributed by atoms with E-state index in [4.69, 9.17) is 9.47 Å². The predicted molar refractivity (Wildman–Crippen MR) is 177 cm³/mol. The Bertz CT molecular complexity index is 1180. The summed E-state index contributed by atoms with van der Waals surface area (Å²) in [6.07, 6.45) is -1.53. The van der Waals surface area contributed by atoms with Crippen LogP contribution in [-0.4, -0.2) is 78.7 Å².